The van der Waals surface area contributed by atoms with Gasteiger partial charge in [-0.2, -0.15) is 0 Å². The average molecular weight is 210 g/mol. The van der Waals surface area contributed by atoms with Gasteiger partial charge in [-0.25, -0.2) is 0 Å². The topological polar surface area (TPSA) is 15.3 Å². The van der Waals surface area contributed by atoms with Crippen molar-refractivity contribution in [2.45, 2.75) is 70.5 Å². The average Bonchev–Trinajstić information content (AvgIpc) is 2.41. The molecule has 2 nitrogen and oxygen atoms in total. The first-order valence-electron chi connectivity index (χ1n) is 6.76. The van der Waals surface area contributed by atoms with E-state index in [0.29, 0.717) is 6.04 Å². The summed E-state index contributed by atoms with van der Waals surface area (Å²) < 4.78 is 0. The largest absolute Gasteiger partial charge is 0.312 e. The summed E-state index contributed by atoms with van der Waals surface area (Å²) >= 11 is 0. The van der Waals surface area contributed by atoms with Crippen molar-refractivity contribution < 1.29 is 0 Å². The smallest absolute Gasteiger partial charge is 0.0110 e. The molecule has 1 N–H and O–H groups in total. The molecule has 0 aromatic heterocycles. The number of hydrogen-bond donors (Lipinski definition) is 1. The number of rotatable bonds is 1. The first kappa shape index (κ1) is 11.4. The quantitative estimate of drug-likeness (QED) is 0.715. The second kappa shape index (κ2) is 5.31. The molecule has 0 amide bonds. The molecule has 2 fully saturated rings. The van der Waals surface area contributed by atoms with Gasteiger partial charge < -0.3 is 10.2 Å². The maximum atomic E-state index is 3.68. The van der Waals surface area contributed by atoms with E-state index in [1.165, 1.54) is 51.6 Å². The van der Waals surface area contributed by atoms with E-state index < -0.39 is 0 Å². The summed E-state index contributed by atoms with van der Waals surface area (Å²) in [5.74, 6) is 0. The fraction of sp³-hybridized carbons (Fsp3) is 1.00. The Bertz CT molecular complexity index is 187. The summed E-state index contributed by atoms with van der Waals surface area (Å²) in [4.78, 5) is 2.75. The Hall–Kier alpha value is -0.0800. The Balaban J connectivity index is 1.89. The number of piperidine rings is 1. The maximum absolute atomic E-state index is 3.68. The highest BCUT2D eigenvalue weighted by Gasteiger charge is 2.25. The van der Waals surface area contributed by atoms with Crippen molar-refractivity contribution in [3.8, 4) is 0 Å². The highest BCUT2D eigenvalue weighted by Crippen LogP contribution is 2.22. The van der Waals surface area contributed by atoms with Crippen molar-refractivity contribution in [2.24, 2.45) is 0 Å². The molecule has 0 bridgehead atoms. The molecule has 2 aliphatic rings. The molecule has 2 saturated heterocycles. The summed E-state index contributed by atoms with van der Waals surface area (Å²) in [6.45, 7) is 7.38. The Kier molecular flexibility index (Phi) is 4.04. The third-order valence-electron chi connectivity index (χ3n) is 4.03. The van der Waals surface area contributed by atoms with Crippen molar-refractivity contribution in [3.05, 3.63) is 0 Å². The van der Waals surface area contributed by atoms with E-state index in [1.54, 1.807) is 0 Å². The standard InChI is InChI=1S/C13H26N2/c1-11-6-7-13(10-12(2)14-11)15-8-4-3-5-9-15/h11-14H,3-10H2,1-2H3. The predicted octanol–water partition coefficient (Wildman–Crippen LogP) is 2.39. The second-order valence-corrected chi connectivity index (χ2v) is 5.53. The molecule has 2 heterocycles. The van der Waals surface area contributed by atoms with E-state index in [-0.39, 0.29) is 0 Å². The molecule has 3 unspecified atom stereocenters. The molecule has 88 valence electrons. The van der Waals surface area contributed by atoms with Gasteiger partial charge in [0.15, 0.2) is 0 Å². The zero-order chi connectivity index (χ0) is 10.7. The Labute approximate surface area is 94.4 Å². The van der Waals surface area contributed by atoms with Crippen LogP contribution in [0.3, 0.4) is 0 Å². The first-order valence-corrected chi connectivity index (χ1v) is 6.76. The molecule has 2 aliphatic heterocycles. The number of nitrogens with one attached hydrogen (secondary N) is 1. The summed E-state index contributed by atoms with van der Waals surface area (Å²) in [6.07, 6.45) is 8.41. The number of nitrogens with zero attached hydrogens (tertiary/aromatic N) is 1. The highest BCUT2D eigenvalue weighted by molar-refractivity contribution is 4.84. The fourth-order valence-electron chi connectivity index (χ4n) is 3.22. The third kappa shape index (κ3) is 3.18. The molecule has 3 atom stereocenters. The second-order valence-electron chi connectivity index (χ2n) is 5.53. The van der Waals surface area contributed by atoms with E-state index in [0.717, 1.165) is 12.1 Å². The van der Waals surface area contributed by atoms with E-state index in [1.807, 2.05) is 0 Å². The van der Waals surface area contributed by atoms with E-state index in [4.69, 9.17) is 0 Å². The minimum absolute atomic E-state index is 0.703. The number of likely N-dealkylation sites (tertiary alicyclic amines) is 1. The normalized spacial score (nSPS) is 40.0. The van der Waals surface area contributed by atoms with Gasteiger partial charge in [-0.15, -0.1) is 0 Å². The molecule has 2 heteroatoms. The van der Waals surface area contributed by atoms with Crippen molar-refractivity contribution in [1.82, 2.24) is 10.2 Å². The minimum atomic E-state index is 0.703. The molecule has 0 aromatic rings. The molecule has 0 saturated carbocycles. The fourth-order valence-corrected chi connectivity index (χ4v) is 3.22. The van der Waals surface area contributed by atoms with Crippen LogP contribution in [0.25, 0.3) is 0 Å². The van der Waals surface area contributed by atoms with E-state index >= 15 is 0 Å². The molecule has 0 aromatic carbocycles. The predicted molar refractivity (Wildman–Crippen MR) is 65.1 cm³/mol. The lowest BCUT2D eigenvalue weighted by atomic mass is 10.00. The van der Waals surface area contributed by atoms with Gasteiger partial charge in [0.2, 0.25) is 0 Å². The summed E-state index contributed by atoms with van der Waals surface area (Å²) in [6, 6.07) is 2.28. The Morgan fingerprint density at radius 2 is 1.67 bits per heavy atom. The SMILES string of the molecule is CC1CCC(N2CCCCC2)CC(C)N1. The van der Waals surface area contributed by atoms with Crippen molar-refractivity contribution in [1.29, 1.82) is 0 Å². The summed E-state index contributed by atoms with van der Waals surface area (Å²) in [7, 11) is 0. The van der Waals surface area contributed by atoms with Gasteiger partial charge in [-0.05, 0) is 59.0 Å². The molecule has 0 spiro atoms. The molecule has 0 radical (unpaired) electrons. The van der Waals surface area contributed by atoms with Crippen LogP contribution in [0.4, 0.5) is 0 Å². The lowest BCUT2D eigenvalue weighted by Gasteiger charge is -2.34. The van der Waals surface area contributed by atoms with Crippen molar-refractivity contribution >= 4 is 0 Å². The minimum Gasteiger partial charge on any atom is -0.312 e. The first-order chi connectivity index (χ1) is 7.25. The van der Waals surface area contributed by atoms with E-state index in [2.05, 4.69) is 24.1 Å². The molecule has 2 rings (SSSR count). The lowest BCUT2D eigenvalue weighted by Crippen LogP contribution is -2.41. The Morgan fingerprint density at radius 3 is 2.40 bits per heavy atom. The lowest BCUT2D eigenvalue weighted by molar-refractivity contribution is 0.146. The number of hydrogen-bond acceptors (Lipinski definition) is 2. The maximum Gasteiger partial charge on any atom is 0.0110 e. The summed E-state index contributed by atoms with van der Waals surface area (Å²) in [5.41, 5.74) is 0. The molecule has 15 heavy (non-hydrogen) atoms. The zero-order valence-electron chi connectivity index (χ0n) is 10.3. The van der Waals surface area contributed by atoms with Crippen LogP contribution in [0, 0.1) is 0 Å². The zero-order valence-corrected chi connectivity index (χ0v) is 10.3. The van der Waals surface area contributed by atoms with Gasteiger partial charge in [0.05, 0.1) is 0 Å². The van der Waals surface area contributed by atoms with Crippen LogP contribution in [0.15, 0.2) is 0 Å². The van der Waals surface area contributed by atoms with Crippen molar-refractivity contribution in [2.75, 3.05) is 13.1 Å². The van der Waals surface area contributed by atoms with Gasteiger partial charge >= 0.3 is 0 Å². The Morgan fingerprint density at radius 1 is 0.933 bits per heavy atom. The molecule has 0 aliphatic carbocycles. The van der Waals surface area contributed by atoms with Gasteiger partial charge in [-0.3, -0.25) is 0 Å². The van der Waals surface area contributed by atoms with Crippen LogP contribution in [-0.4, -0.2) is 36.1 Å². The van der Waals surface area contributed by atoms with Gasteiger partial charge in [-0.1, -0.05) is 6.42 Å². The van der Waals surface area contributed by atoms with Crippen LogP contribution in [0.5, 0.6) is 0 Å². The summed E-state index contributed by atoms with van der Waals surface area (Å²) in [5, 5.41) is 3.68. The monoisotopic (exact) mass is 210 g/mol. The van der Waals surface area contributed by atoms with Crippen LogP contribution in [0.2, 0.25) is 0 Å². The van der Waals surface area contributed by atoms with Crippen LogP contribution in [-0.2, 0) is 0 Å². The third-order valence-corrected chi connectivity index (χ3v) is 4.03. The molecular weight excluding hydrogens is 184 g/mol. The van der Waals surface area contributed by atoms with Crippen LogP contribution < -0.4 is 5.32 Å². The van der Waals surface area contributed by atoms with Gasteiger partial charge in [0.1, 0.15) is 0 Å². The van der Waals surface area contributed by atoms with Crippen LogP contribution in [0.1, 0.15) is 52.4 Å². The highest BCUT2D eigenvalue weighted by atomic mass is 15.2. The van der Waals surface area contributed by atoms with Gasteiger partial charge in [0, 0.05) is 18.1 Å². The van der Waals surface area contributed by atoms with Gasteiger partial charge in [0.25, 0.3) is 0 Å². The van der Waals surface area contributed by atoms with E-state index in [9.17, 15) is 0 Å². The molecular formula is C13H26N2. The van der Waals surface area contributed by atoms with Crippen LogP contribution >= 0.6 is 0 Å². The van der Waals surface area contributed by atoms with Crippen molar-refractivity contribution in [3.63, 3.8) is 0 Å².